The van der Waals surface area contributed by atoms with Crippen molar-refractivity contribution in [2.45, 2.75) is 39.4 Å². The highest BCUT2D eigenvalue weighted by Crippen LogP contribution is 2.29. The van der Waals surface area contributed by atoms with E-state index >= 15 is 0 Å². The molecule has 5 heteroatoms. The fourth-order valence-corrected chi connectivity index (χ4v) is 3.10. The van der Waals surface area contributed by atoms with Crippen molar-refractivity contribution < 1.29 is 9.84 Å². The van der Waals surface area contributed by atoms with Gasteiger partial charge in [0.2, 0.25) is 0 Å². The summed E-state index contributed by atoms with van der Waals surface area (Å²) in [6.07, 6.45) is 1.57. The van der Waals surface area contributed by atoms with Gasteiger partial charge in [0.25, 0.3) is 0 Å². The number of benzene rings is 1. The van der Waals surface area contributed by atoms with Crippen LogP contribution in [0.3, 0.4) is 0 Å². The maximum atomic E-state index is 9.76. The molecule has 0 spiro atoms. The van der Waals surface area contributed by atoms with Gasteiger partial charge in [0.05, 0.1) is 16.8 Å². The number of halogens is 1. The number of aliphatic hydroxyl groups excluding tert-OH is 1. The number of aliphatic hydroxyl groups is 1. The van der Waals surface area contributed by atoms with Crippen molar-refractivity contribution in [3.63, 3.8) is 0 Å². The van der Waals surface area contributed by atoms with Crippen LogP contribution in [-0.2, 0) is 13.0 Å². The molecule has 0 aliphatic rings. The smallest absolute Gasteiger partial charge is 0.131 e. The van der Waals surface area contributed by atoms with Gasteiger partial charge < -0.3 is 9.84 Å². The second kappa shape index (κ2) is 7.20. The molecule has 0 fully saturated rings. The molecule has 1 heterocycles. The molecule has 108 valence electrons. The predicted molar refractivity (Wildman–Crippen MR) is 85.2 cm³/mol. The molecule has 1 N–H and O–H groups in total. The first kappa shape index (κ1) is 15.5. The fraction of sp³-hybridized carbons (Fsp3) is 0.400. The van der Waals surface area contributed by atoms with E-state index < -0.39 is 6.10 Å². The number of hydrogen-bond donors (Lipinski definition) is 1. The summed E-state index contributed by atoms with van der Waals surface area (Å²) < 4.78 is 6.74. The van der Waals surface area contributed by atoms with Gasteiger partial charge in [-0.1, -0.05) is 28.9 Å². The molecule has 2 aromatic rings. The number of thiazole rings is 1. The second-order valence-corrected chi connectivity index (χ2v) is 6.49. The van der Waals surface area contributed by atoms with E-state index in [1.54, 1.807) is 18.3 Å². The zero-order chi connectivity index (χ0) is 14.5. The summed E-state index contributed by atoms with van der Waals surface area (Å²) in [5.41, 5.74) is 1.73. The largest absolute Gasteiger partial charge is 0.487 e. The van der Waals surface area contributed by atoms with Crippen molar-refractivity contribution >= 4 is 27.3 Å². The summed E-state index contributed by atoms with van der Waals surface area (Å²) in [4.78, 5) is 4.53. The van der Waals surface area contributed by atoms with E-state index in [4.69, 9.17) is 4.74 Å². The Bertz CT molecular complexity index is 569. The maximum Gasteiger partial charge on any atom is 0.131 e. The van der Waals surface area contributed by atoms with Crippen LogP contribution in [0.25, 0.3) is 0 Å². The molecule has 2 rings (SSSR count). The summed E-state index contributed by atoms with van der Waals surface area (Å²) in [7, 11) is 0. The number of aromatic nitrogens is 1. The predicted octanol–water partition coefficient (Wildman–Crippen LogP) is 4.49. The third kappa shape index (κ3) is 4.04. The maximum absolute atomic E-state index is 9.76. The Morgan fingerprint density at radius 2 is 2.25 bits per heavy atom. The molecule has 3 nitrogen and oxygen atoms in total. The average Bonchev–Trinajstić information content (AvgIpc) is 2.84. The SMILES string of the molecule is CCCc1nc(COc2cc(Br)ccc2[C@H](C)O)cs1. The van der Waals surface area contributed by atoms with E-state index in [1.807, 2.05) is 23.6 Å². The topological polar surface area (TPSA) is 42.4 Å². The van der Waals surface area contributed by atoms with Crippen molar-refractivity contribution in [1.82, 2.24) is 4.98 Å². The summed E-state index contributed by atoms with van der Waals surface area (Å²) in [5.74, 6) is 0.694. The Morgan fingerprint density at radius 3 is 2.95 bits per heavy atom. The van der Waals surface area contributed by atoms with Crippen molar-refractivity contribution in [1.29, 1.82) is 0 Å². The first-order valence-corrected chi connectivity index (χ1v) is 8.31. The van der Waals surface area contributed by atoms with E-state index in [2.05, 4.69) is 27.8 Å². The van der Waals surface area contributed by atoms with Crippen LogP contribution in [0.1, 0.15) is 42.6 Å². The lowest BCUT2D eigenvalue weighted by Gasteiger charge is -2.13. The number of hydrogen-bond acceptors (Lipinski definition) is 4. The second-order valence-electron chi connectivity index (χ2n) is 4.63. The minimum Gasteiger partial charge on any atom is -0.487 e. The van der Waals surface area contributed by atoms with Crippen LogP contribution < -0.4 is 4.74 Å². The molecule has 1 aromatic carbocycles. The van der Waals surface area contributed by atoms with Crippen LogP contribution in [0, 0.1) is 0 Å². The molecule has 1 aromatic heterocycles. The highest BCUT2D eigenvalue weighted by atomic mass is 79.9. The van der Waals surface area contributed by atoms with Crippen molar-refractivity contribution in [3.05, 3.63) is 44.3 Å². The van der Waals surface area contributed by atoms with Crippen LogP contribution in [-0.4, -0.2) is 10.1 Å². The molecule has 0 aliphatic heterocycles. The van der Waals surface area contributed by atoms with E-state index in [0.717, 1.165) is 33.6 Å². The molecule has 0 saturated heterocycles. The lowest BCUT2D eigenvalue weighted by Crippen LogP contribution is -2.01. The Morgan fingerprint density at radius 1 is 1.45 bits per heavy atom. The number of ether oxygens (including phenoxy) is 1. The van der Waals surface area contributed by atoms with E-state index in [0.29, 0.717) is 12.4 Å². The first-order valence-electron chi connectivity index (χ1n) is 6.63. The Kier molecular flexibility index (Phi) is 5.57. The van der Waals surface area contributed by atoms with Gasteiger partial charge in [0.1, 0.15) is 12.4 Å². The molecular weight excluding hydrogens is 338 g/mol. The summed E-state index contributed by atoms with van der Waals surface area (Å²) >= 11 is 5.09. The molecule has 0 saturated carbocycles. The fourth-order valence-electron chi connectivity index (χ4n) is 1.87. The number of nitrogens with zero attached hydrogens (tertiary/aromatic N) is 1. The van der Waals surface area contributed by atoms with Gasteiger partial charge in [0.15, 0.2) is 0 Å². The van der Waals surface area contributed by atoms with Crippen LogP contribution in [0.4, 0.5) is 0 Å². The zero-order valence-corrected chi connectivity index (χ0v) is 14.0. The lowest BCUT2D eigenvalue weighted by atomic mass is 10.1. The van der Waals surface area contributed by atoms with Crippen molar-refractivity contribution in [2.75, 3.05) is 0 Å². The van der Waals surface area contributed by atoms with Gasteiger partial charge in [-0.05, 0) is 31.9 Å². The molecule has 1 atom stereocenters. The lowest BCUT2D eigenvalue weighted by molar-refractivity contribution is 0.190. The Hall–Kier alpha value is -0.910. The van der Waals surface area contributed by atoms with Crippen molar-refractivity contribution in [3.8, 4) is 5.75 Å². The van der Waals surface area contributed by atoms with Crippen LogP contribution >= 0.6 is 27.3 Å². The van der Waals surface area contributed by atoms with E-state index in [1.165, 1.54) is 0 Å². The van der Waals surface area contributed by atoms with Gasteiger partial charge in [-0.15, -0.1) is 11.3 Å². The third-order valence-electron chi connectivity index (χ3n) is 2.86. The Labute approximate surface area is 131 Å². The monoisotopic (exact) mass is 355 g/mol. The van der Waals surface area contributed by atoms with Gasteiger partial charge in [-0.3, -0.25) is 0 Å². The third-order valence-corrected chi connectivity index (χ3v) is 4.32. The normalized spacial score (nSPS) is 12.4. The summed E-state index contributed by atoms with van der Waals surface area (Å²) in [5, 5.41) is 12.9. The minimum absolute atomic E-state index is 0.427. The molecule has 0 aliphatic carbocycles. The highest BCUT2D eigenvalue weighted by molar-refractivity contribution is 9.10. The van der Waals surface area contributed by atoms with Gasteiger partial charge in [0, 0.05) is 15.4 Å². The quantitative estimate of drug-likeness (QED) is 0.829. The van der Waals surface area contributed by atoms with Crippen molar-refractivity contribution in [2.24, 2.45) is 0 Å². The zero-order valence-electron chi connectivity index (χ0n) is 11.6. The number of aryl methyl sites for hydroxylation is 1. The summed E-state index contributed by atoms with van der Waals surface area (Å²) in [6.45, 7) is 4.31. The van der Waals surface area contributed by atoms with Gasteiger partial charge >= 0.3 is 0 Å². The molecule has 0 amide bonds. The van der Waals surface area contributed by atoms with E-state index in [-0.39, 0.29) is 0 Å². The van der Waals surface area contributed by atoms with Gasteiger partial charge in [-0.2, -0.15) is 0 Å². The van der Waals surface area contributed by atoms with Gasteiger partial charge in [-0.25, -0.2) is 4.98 Å². The molecule has 0 radical (unpaired) electrons. The molecule has 0 bridgehead atoms. The minimum atomic E-state index is -0.552. The first-order chi connectivity index (χ1) is 9.60. The van der Waals surface area contributed by atoms with E-state index in [9.17, 15) is 5.11 Å². The summed E-state index contributed by atoms with van der Waals surface area (Å²) in [6, 6.07) is 5.64. The highest BCUT2D eigenvalue weighted by Gasteiger charge is 2.11. The van der Waals surface area contributed by atoms with Crippen LogP contribution in [0.2, 0.25) is 0 Å². The molecular formula is C15H18BrNO2S. The Balaban J connectivity index is 2.07. The van der Waals surface area contributed by atoms with Crippen LogP contribution in [0.15, 0.2) is 28.1 Å². The van der Waals surface area contributed by atoms with Crippen LogP contribution in [0.5, 0.6) is 5.75 Å². The average molecular weight is 356 g/mol. The standard InChI is InChI=1S/C15H18BrNO2S/c1-3-4-15-17-12(9-20-15)8-19-14-7-11(16)5-6-13(14)10(2)18/h5-7,9-10,18H,3-4,8H2,1-2H3/t10-/m0/s1. The molecule has 20 heavy (non-hydrogen) atoms. The molecule has 0 unspecified atom stereocenters. The number of rotatable bonds is 6.